The molecule has 0 saturated carbocycles. The Hall–Kier alpha value is -2.14. The van der Waals surface area contributed by atoms with Gasteiger partial charge in [0.15, 0.2) is 0 Å². The van der Waals surface area contributed by atoms with E-state index in [1.54, 1.807) is 13.0 Å². The van der Waals surface area contributed by atoms with Gasteiger partial charge in [0.25, 0.3) is 0 Å². The summed E-state index contributed by atoms with van der Waals surface area (Å²) in [5.41, 5.74) is 1.59. The van der Waals surface area contributed by atoms with Crippen molar-refractivity contribution in [2.24, 2.45) is 0 Å². The number of hydrogen-bond donors (Lipinski definition) is 1. The van der Waals surface area contributed by atoms with Gasteiger partial charge in [-0.05, 0) is 44.9 Å². The summed E-state index contributed by atoms with van der Waals surface area (Å²) in [6.07, 6.45) is 3.48. The fourth-order valence-corrected chi connectivity index (χ4v) is 1.92. The fraction of sp³-hybridized carbons (Fsp3) is 0.474. The van der Waals surface area contributed by atoms with Gasteiger partial charge >= 0.3 is 11.9 Å². The second-order valence-corrected chi connectivity index (χ2v) is 6.34. The topological polar surface area (TPSA) is 64.6 Å². The first-order valence-corrected chi connectivity index (χ1v) is 8.16. The molecule has 0 atom stereocenters. The lowest BCUT2D eigenvalue weighted by molar-refractivity contribution is -0.154. The van der Waals surface area contributed by atoms with Crippen molar-refractivity contribution < 1.29 is 19.1 Å². The van der Waals surface area contributed by atoms with Crippen LogP contribution in [0.3, 0.4) is 0 Å². The van der Waals surface area contributed by atoms with Crippen LogP contribution in [0.5, 0.6) is 0 Å². The molecule has 1 aromatic carbocycles. The van der Waals surface area contributed by atoms with Crippen molar-refractivity contribution in [1.29, 1.82) is 0 Å². The lowest BCUT2D eigenvalue weighted by Gasteiger charge is -2.19. The third kappa shape index (κ3) is 9.10. The number of nitrogens with one attached hydrogen (secondary N) is 1. The normalized spacial score (nSPS) is 11.5. The van der Waals surface area contributed by atoms with Crippen LogP contribution in [0, 0.1) is 0 Å². The molecular weight excluding hydrogens is 306 g/mol. The Morgan fingerprint density at radius 2 is 1.83 bits per heavy atom. The molecule has 1 aromatic rings. The summed E-state index contributed by atoms with van der Waals surface area (Å²) in [6, 6.07) is 7.82. The Morgan fingerprint density at radius 1 is 1.17 bits per heavy atom. The SMILES string of the molecule is CCOC(=O)C=Cc1ccc(CNCCC(=O)OC(C)(C)C)cc1. The highest BCUT2D eigenvalue weighted by atomic mass is 16.6. The maximum absolute atomic E-state index is 11.6. The van der Waals surface area contributed by atoms with Crippen LogP contribution in [-0.2, 0) is 25.6 Å². The average molecular weight is 333 g/mol. The molecule has 24 heavy (non-hydrogen) atoms. The van der Waals surface area contributed by atoms with E-state index in [-0.39, 0.29) is 11.9 Å². The molecule has 0 aliphatic carbocycles. The molecule has 0 fully saturated rings. The first kappa shape index (κ1) is 19.9. The van der Waals surface area contributed by atoms with E-state index in [2.05, 4.69) is 5.32 Å². The number of benzene rings is 1. The largest absolute Gasteiger partial charge is 0.463 e. The molecule has 0 unspecified atom stereocenters. The molecule has 0 bridgehead atoms. The highest BCUT2D eigenvalue weighted by molar-refractivity contribution is 5.87. The zero-order valence-corrected chi connectivity index (χ0v) is 14.9. The average Bonchev–Trinajstić information content (AvgIpc) is 2.49. The standard InChI is InChI=1S/C19H27NO4/c1-5-23-17(21)11-10-15-6-8-16(9-7-15)14-20-13-12-18(22)24-19(2,3)4/h6-11,20H,5,12-14H2,1-4H3. The molecule has 0 aromatic heterocycles. The van der Waals surface area contributed by atoms with E-state index in [0.717, 1.165) is 11.1 Å². The molecule has 0 aliphatic rings. The van der Waals surface area contributed by atoms with Crippen LogP contribution in [0.15, 0.2) is 30.3 Å². The van der Waals surface area contributed by atoms with Gasteiger partial charge in [0.05, 0.1) is 13.0 Å². The Labute approximate surface area is 144 Å². The highest BCUT2D eigenvalue weighted by Crippen LogP contribution is 2.08. The third-order valence-corrected chi connectivity index (χ3v) is 2.93. The van der Waals surface area contributed by atoms with Gasteiger partial charge in [0.2, 0.25) is 0 Å². The second-order valence-electron chi connectivity index (χ2n) is 6.34. The monoisotopic (exact) mass is 333 g/mol. The predicted octanol–water partition coefficient (Wildman–Crippen LogP) is 3.08. The molecule has 1 rings (SSSR count). The van der Waals surface area contributed by atoms with E-state index in [4.69, 9.17) is 9.47 Å². The van der Waals surface area contributed by atoms with Gasteiger partial charge in [-0.25, -0.2) is 4.79 Å². The number of carbonyl (C=O) groups is 2. The minimum atomic E-state index is -0.440. The van der Waals surface area contributed by atoms with Crippen molar-refractivity contribution in [2.45, 2.75) is 46.3 Å². The number of esters is 2. The Kier molecular flexibility index (Phi) is 8.19. The molecule has 0 saturated heterocycles. The summed E-state index contributed by atoms with van der Waals surface area (Å²) in [5.74, 6) is -0.542. The van der Waals surface area contributed by atoms with Crippen LogP contribution < -0.4 is 5.32 Å². The number of carbonyl (C=O) groups excluding carboxylic acids is 2. The summed E-state index contributed by atoms with van der Waals surface area (Å²) in [7, 11) is 0. The third-order valence-electron chi connectivity index (χ3n) is 2.93. The van der Waals surface area contributed by atoms with E-state index < -0.39 is 5.60 Å². The molecule has 0 aliphatic heterocycles. The van der Waals surface area contributed by atoms with Gasteiger partial charge in [0.1, 0.15) is 5.60 Å². The molecule has 0 radical (unpaired) electrons. The van der Waals surface area contributed by atoms with Crippen LogP contribution >= 0.6 is 0 Å². The van der Waals surface area contributed by atoms with Crippen LogP contribution in [0.2, 0.25) is 0 Å². The van der Waals surface area contributed by atoms with E-state index in [1.807, 2.05) is 45.0 Å². The quantitative estimate of drug-likeness (QED) is 0.450. The van der Waals surface area contributed by atoms with E-state index >= 15 is 0 Å². The fourth-order valence-electron chi connectivity index (χ4n) is 1.92. The van der Waals surface area contributed by atoms with Crippen molar-refractivity contribution in [3.05, 3.63) is 41.5 Å². The molecule has 132 valence electrons. The minimum absolute atomic E-state index is 0.200. The zero-order chi connectivity index (χ0) is 18.0. The van der Waals surface area contributed by atoms with Gasteiger partial charge in [0, 0.05) is 19.2 Å². The Bertz CT molecular complexity index is 556. The van der Waals surface area contributed by atoms with Crippen molar-refractivity contribution in [1.82, 2.24) is 5.32 Å². The number of ether oxygens (including phenoxy) is 2. The summed E-state index contributed by atoms with van der Waals surface area (Å²) in [5, 5.41) is 3.21. The minimum Gasteiger partial charge on any atom is -0.463 e. The van der Waals surface area contributed by atoms with E-state index in [1.165, 1.54) is 6.08 Å². The van der Waals surface area contributed by atoms with Crippen molar-refractivity contribution >= 4 is 18.0 Å². The molecule has 5 nitrogen and oxygen atoms in total. The number of hydrogen-bond acceptors (Lipinski definition) is 5. The molecule has 0 amide bonds. The van der Waals surface area contributed by atoms with Crippen LogP contribution in [0.1, 0.15) is 45.2 Å². The van der Waals surface area contributed by atoms with Gasteiger partial charge in [-0.2, -0.15) is 0 Å². The molecule has 1 N–H and O–H groups in total. The summed E-state index contributed by atoms with van der Waals surface area (Å²) in [4.78, 5) is 22.8. The predicted molar refractivity (Wildman–Crippen MR) is 94.3 cm³/mol. The summed E-state index contributed by atoms with van der Waals surface area (Å²) in [6.45, 7) is 8.96. The van der Waals surface area contributed by atoms with Crippen molar-refractivity contribution in [3.8, 4) is 0 Å². The van der Waals surface area contributed by atoms with Crippen molar-refractivity contribution in [3.63, 3.8) is 0 Å². The number of rotatable bonds is 8. The molecular formula is C19H27NO4. The molecule has 0 heterocycles. The summed E-state index contributed by atoms with van der Waals surface area (Å²) < 4.78 is 10.1. The smallest absolute Gasteiger partial charge is 0.330 e. The summed E-state index contributed by atoms with van der Waals surface area (Å²) >= 11 is 0. The van der Waals surface area contributed by atoms with E-state index in [9.17, 15) is 9.59 Å². The first-order valence-electron chi connectivity index (χ1n) is 8.16. The highest BCUT2D eigenvalue weighted by Gasteiger charge is 2.15. The van der Waals surface area contributed by atoms with Crippen molar-refractivity contribution in [2.75, 3.05) is 13.2 Å². The Morgan fingerprint density at radius 3 is 2.42 bits per heavy atom. The van der Waals surface area contributed by atoms with Crippen LogP contribution in [0.4, 0.5) is 0 Å². The van der Waals surface area contributed by atoms with Gasteiger partial charge in [-0.15, -0.1) is 0 Å². The molecule has 5 heteroatoms. The van der Waals surface area contributed by atoms with Gasteiger partial charge < -0.3 is 14.8 Å². The van der Waals surface area contributed by atoms with Crippen LogP contribution in [0.25, 0.3) is 6.08 Å². The van der Waals surface area contributed by atoms with Crippen LogP contribution in [-0.4, -0.2) is 30.7 Å². The molecule has 0 spiro atoms. The lowest BCUT2D eigenvalue weighted by Crippen LogP contribution is -2.26. The Balaban J connectivity index is 2.32. The lowest BCUT2D eigenvalue weighted by atomic mass is 10.1. The van der Waals surface area contributed by atoms with Gasteiger partial charge in [-0.3, -0.25) is 4.79 Å². The maximum Gasteiger partial charge on any atom is 0.330 e. The van der Waals surface area contributed by atoms with E-state index in [0.29, 0.717) is 26.1 Å². The second kappa shape index (κ2) is 9.88. The first-order chi connectivity index (χ1) is 11.3. The maximum atomic E-state index is 11.6. The zero-order valence-electron chi connectivity index (χ0n) is 14.9. The van der Waals surface area contributed by atoms with Gasteiger partial charge in [-0.1, -0.05) is 24.3 Å².